The standard InChI is InChI=1S/C16H13Cl2F3N2OS/c1-7-22-14(16(19,20)21)13(25-7)15(24)23-11-6-5-8(11)12-9(17)3-2-4-10(12)18/h2-4,8,11H,5-6H2,1H3,(H,23,24)/t8-,11+/m0/s1. The van der Waals surface area contributed by atoms with Gasteiger partial charge in [-0.2, -0.15) is 13.2 Å². The minimum absolute atomic E-state index is 0.117. The zero-order valence-corrected chi connectivity index (χ0v) is 15.3. The smallest absolute Gasteiger partial charge is 0.348 e. The number of nitrogens with zero attached hydrogens (tertiary/aromatic N) is 1. The fourth-order valence-electron chi connectivity index (χ4n) is 2.89. The van der Waals surface area contributed by atoms with Crippen molar-refractivity contribution in [3.8, 4) is 0 Å². The second-order valence-electron chi connectivity index (χ2n) is 5.81. The van der Waals surface area contributed by atoms with Crippen molar-refractivity contribution < 1.29 is 18.0 Å². The molecule has 9 heteroatoms. The van der Waals surface area contributed by atoms with Crippen LogP contribution in [0.4, 0.5) is 13.2 Å². The molecule has 1 fully saturated rings. The fraction of sp³-hybridized carbons (Fsp3) is 0.375. The number of benzene rings is 1. The monoisotopic (exact) mass is 408 g/mol. The number of alkyl halides is 3. The molecule has 1 saturated carbocycles. The Hall–Kier alpha value is -1.31. The Morgan fingerprint density at radius 2 is 1.92 bits per heavy atom. The molecule has 0 unspecified atom stereocenters. The highest BCUT2D eigenvalue weighted by atomic mass is 35.5. The summed E-state index contributed by atoms with van der Waals surface area (Å²) in [5.41, 5.74) is -0.418. The minimum Gasteiger partial charge on any atom is -0.348 e. The van der Waals surface area contributed by atoms with Gasteiger partial charge in [0.15, 0.2) is 5.69 Å². The lowest BCUT2D eigenvalue weighted by Gasteiger charge is -2.38. The van der Waals surface area contributed by atoms with Crippen molar-refractivity contribution in [2.24, 2.45) is 0 Å². The molecule has 2 atom stereocenters. The van der Waals surface area contributed by atoms with E-state index in [4.69, 9.17) is 23.2 Å². The van der Waals surface area contributed by atoms with Crippen LogP contribution in [0.25, 0.3) is 0 Å². The molecule has 0 radical (unpaired) electrons. The third-order valence-corrected chi connectivity index (χ3v) is 5.80. The summed E-state index contributed by atoms with van der Waals surface area (Å²) in [5.74, 6) is -0.885. The molecule has 1 aliphatic rings. The summed E-state index contributed by atoms with van der Waals surface area (Å²) < 4.78 is 39.1. The molecule has 25 heavy (non-hydrogen) atoms. The molecule has 2 aromatic rings. The number of carbonyl (C=O) groups excluding carboxylic acids is 1. The summed E-state index contributed by atoms with van der Waals surface area (Å²) >= 11 is 13.1. The molecule has 3 rings (SSSR count). The van der Waals surface area contributed by atoms with Gasteiger partial charge in [-0.25, -0.2) is 4.98 Å². The van der Waals surface area contributed by atoms with E-state index in [9.17, 15) is 18.0 Å². The van der Waals surface area contributed by atoms with Gasteiger partial charge in [-0.05, 0) is 37.5 Å². The Labute approximate surface area is 156 Å². The van der Waals surface area contributed by atoms with Crippen LogP contribution in [0, 0.1) is 6.92 Å². The average Bonchev–Trinajstić information content (AvgIpc) is 2.89. The number of thiazole rings is 1. The predicted octanol–water partition coefficient (Wildman–Crippen LogP) is 5.45. The third-order valence-electron chi connectivity index (χ3n) is 4.17. The van der Waals surface area contributed by atoms with Crippen LogP contribution >= 0.6 is 34.5 Å². The molecule has 1 heterocycles. The Bertz CT molecular complexity index is 802. The lowest BCUT2D eigenvalue weighted by atomic mass is 9.75. The highest BCUT2D eigenvalue weighted by Gasteiger charge is 2.41. The van der Waals surface area contributed by atoms with Gasteiger partial charge < -0.3 is 5.32 Å². The largest absolute Gasteiger partial charge is 0.435 e. The van der Waals surface area contributed by atoms with Crippen LogP contribution in [0.5, 0.6) is 0 Å². The molecule has 0 aliphatic heterocycles. The molecular formula is C16H13Cl2F3N2OS. The van der Waals surface area contributed by atoms with E-state index in [1.54, 1.807) is 18.2 Å². The minimum atomic E-state index is -4.66. The van der Waals surface area contributed by atoms with E-state index in [-0.39, 0.29) is 17.0 Å². The molecule has 1 N–H and O–H groups in total. The summed E-state index contributed by atoms with van der Waals surface area (Å²) in [6.07, 6.45) is -3.26. The number of hydrogen-bond acceptors (Lipinski definition) is 3. The van der Waals surface area contributed by atoms with Crippen LogP contribution in [0.2, 0.25) is 10.0 Å². The van der Waals surface area contributed by atoms with Crippen molar-refractivity contribution in [1.82, 2.24) is 10.3 Å². The van der Waals surface area contributed by atoms with Gasteiger partial charge in [0.05, 0.1) is 5.01 Å². The van der Waals surface area contributed by atoms with Gasteiger partial charge in [0.2, 0.25) is 0 Å². The van der Waals surface area contributed by atoms with Crippen molar-refractivity contribution in [2.75, 3.05) is 0 Å². The molecule has 1 aromatic carbocycles. The molecular weight excluding hydrogens is 396 g/mol. The molecule has 0 bridgehead atoms. The first-order chi connectivity index (χ1) is 11.7. The van der Waals surface area contributed by atoms with Crippen LogP contribution in [-0.2, 0) is 6.18 Å². The number of amides is 1. The van der Waals surface area contributed by atoms with Gasteiger partial charge in [0.1, 0.15) is 4.88 Å². The maximum absolute atomic E-state index is 13.0. The Kier molecular flexibility index (Phi) is 5.01. The highest BCUT2D eigenvalue weighted by molar-refractivity contribution is 7.13. The second-order valence-corrected chi connectivity index (χ2v) is 7.83. The lowest BCUT2D eigenvalue weighted by molar-refractivity contribution is -0.141. The van der Waals surface area contributed by atoms with Crippen LogP contribution in [-0.4, -0.2) is 16.9 Å². The topological polar surface area (TPSA) is 42.0 Å². The molecule has 0 spiro atoms. The first-order valence-electron chi connectivity index (χ1n) is 7.48. The number of carbonyl (C=O) groups is 1. The van der Waals surface area contributed by atoms with Crippen LogP contribution in [0.15, 0.2) is 18.2 Å². The number of aryl methyl sites for hydroxylation is 1. The average molecular weight is 409 g/mol. The molecule has 134 valence electrons. The zero-order valence-electron chi connectivity index (χ0n) is 13.0. The Balaban J connectivity index is 1.81. The van der Waals surface area contributed by atoms with Crippen molar-refractivity contribution in [1.29, 1.82) is 0 Å². The summed E-state index contributed by atoms with van der Waals surface area (Å²) in [6.45, 7) is 1.44. The number of hydrogen-bond donors (Lipinski definition) is 1. The highest BCUT2D eigenvalue weighted by Crippen LogP contribution is 2.44. The van der Waals surface area contributed by atoms with Gasteiger partial charge in [-0.15, -0.1) is 11.3 Å². The maximum atomic E-state index is 13.0. The fourth-order valence-corrected chi connectivity index (χ4v) is 4.41. The summed E-state index contributed by atoms with van der Waals surface area (Å²) in [5, 5.41) is 3.84. The second kappa shape index (κ2) is 6.78. The van der Waals surface area contributed by atoms with E-state index >= 15 is 0 Å². The van der Waals surface area contributed by atoms with Crippen LogP contribution in [0.1, 0.15) is 44.7 Å². The van der Waals surface area contributed by atoms with E-state index in [1.165, 1.54) is 6.92 Å². The van der Waals surface area contributed by atoms with Crippen molar-refractivity contribution in [3.05, 3.63) is 49.4 Å². The molecule has 1 aromatic heterocycles. The van der Waals surface area contributed by atoms with Crippen LogP contribution < -0.4 is 5.32 Å². The quantitative estimate of drug-likeness (QED) is 0.732. The third kappa shape index (κ3) is 3.64. The van der Waals surface area contributed by atoms with Crippen molar-refractivity contribution >= 4 is 40.4 Å². The predicted molar refractivity (Wildman–Crippen MR) is 91.5 cm³/mol. The lowest BCUT2D eigenvalue weighted by Crippen LogP contribution is -2.45. The molecule has 1 aliphatic carbocycles. The first-order valence-corrected chi connectivity index (χ1v) is 9.05. The van der Waals surface area contributed by atoms with Crippen LogP contribution in [0.3, 0.4) is 0 Å². The van der Waals surface area contributed by atoms with E-state index in [0.29, 0.717) is 16.5 Å². The van der Waals surface area contributed by atoms with E-state index in [1.807, 2.05) is 0 Å². The number of nitrogens with one attached hydrogen (secondary N) is 1. The molecule has 1 amide bonds. The maximum Gasteiger partial charge on any atom is 0.435 e. The van der Waals surface area contributed by atoms with Gasteiger partial charge >= 0.3 is 6.18 Å². The number of rotatable bonds is 3. The number of aromatic nitrogens is 1. The number of halogens is 5. The van der Waals surface area contributed by atoms with Crippen molar-refractivity contribution in [2.45, 2.75) is 37.9 Å². The van der Waals surface area contributed by atoms with Crippen molar-refractivity contribution in [3.63, 3.8) is 0 Å². The van der Waals surface area contributed by atoms with Gasteiger partial charge in [-0.1, -0.05) is 29.3 Å². The Morgan fingerprint density at radius 1 is 1.28 bits per heavy atom. The molecule has 0 saturated heterocycles. The van der Waals surface area contributed by atoms with Gasteiger partial charge in [-0.3, -0.25) is 4.79 Å². The van der Waals surface area contributed by atoms with E-state index < -0.39 is 22.7 Å². The summed E-state index contributed by atoms with van der Waals surface area (Å²) in [6, 6.07) is 4.81. The summed E-state index contributed by atoms with van der Waals surface area (Å²) in [7, 11) is 0. The normalized spacial score (nSPS) is 20.2. The van der Waals surface area contributed by atoms with Gasteiger partial charge in [0, 0.05) is 22.0 Å². The Morgan fingerprint density at radius 3 is 2.44 bits per heavy atom. The molecule has 3 nitrogen and oxygen atoms in total. The van der Waals surface area contributed by atoms with E-state index in [0.717, 1.165) is 23.3 Å². The zero-order chi connectivity index (χ0) is 18.4. The first kappa shape index (κ1) is 18.5. The summed E-state index contributed by atoms with van der Waals surface area (Å²) in [4.78, 5) is 15.4. The SMILES string of the molecule is Cc1nc(C(F)(F)F)c(C(=O)N[C@@H]2CC[C@@H]2c2c(Cl)cccc2Cl)s1. The van der Waals surface area contributed by atoms with E-state index in [2.05, 4.69) is 10.3 Å². The van der Waals surface area contributed by atoms with Gasteiger partial charge in [0.25, 0.3) is 5.91 Å².